The van der Waals surface area contributed by atoms with Gasteiger partial charge in [-0.05, 0) is 44.6 Å². The molecule has 5 heteroatoms. The van der Waals surface area contributed by atoms with Crippen LogP contribution < -0.4 is 10.1 Å². The molecule has 0 unspecified atom stereocenters. The maximum absolute atomic E-state index is 11.7. The molecule has 0 saturated carbocycles. The minimum atomic E-state index is 0.0230. The topological polar surface area (TPSA) is 41.6 Å². The van der Waals surface area contributed by atoms with E-state index in [2.05, 4.69) is 24.1 Å². The fourth-order valence-electron chi connectivity index (χ4n) is 2.13. The van der Waals surface area contributed by atoms with Crippen LogP contribution in [0.15, 0.2) is 24.3 Å². The quantitative estimate of drug-likeness (QED) is 0.634. The number of benzene rings is 1. The molecule has 1 amide bonds. The number of carbonyl (C=O) groups excluding carboxylic acids is 1. The number of nitrogens with one attached hydrogen (secondary N) is 1. The molecule has 1 N–H and O–H groups in total. The number of hydrogen-bond donors (Lipinski definition) is 1. The van der Waals surface area contributed by atoms with Crippen molar-refractivity contribution < 1.29 is 9.53 Å². The van der Waals surface area contributed by atoms with Gasteiger partial charge in [-0.25, -0.2) is 0 Å². The van der Waals surface area contributed by atoms with Crippen molar-refractivity contribution in [1.29, 1.82) is 0 Å². The van der Waals surface area contributed by atoms with Crippen LogP contribution in [0.2, 0.25) is 5.02 Å². The zero-order valence-corrected chi connectivity index (χ0v) is 14.4. The van der Waals surface area contributed by atoms with Gasteiger partial charge in [-0.15, -0.1) is 0 Å². The first-order chi connectivity index (χ1) is 10.7. The number of hydrogen-bond acceptors (Lipinski definition) is 3. The van der Waals surface area contributed by atoms with Gasteiger partial charge in [-0.3, -0.25) is 4.79 Å². The summed E-state index contributed by atoms with van der Waals surface area (Å²) in [6, 6.07) is 7.28. The third kappa shape index (κ3) is 7.66. The second kappa shape index (κ2) is 11.3. The molecule has 0 spiro atoms. The van der Waals surface area contributed by atoms with Crippen LogP contribution in [0.25, 0.3) is 0 Å². The highest BCUT2D eigenvalue weighted by Gasteiger charge is 2.04. The molecule has 1 aromatic carbocycles. The minimum Gasteiger partial charge on any atom is -0.491 e. The van der Waals surface area contributed by atoms with E-state index in [9.17, 15) is 4.79 Å². The van der Waals surface area contributed by atoms with E-state index in [1.54, 1.807) is 12.1 Å². The lowest BCUT2D eigenvalue weighted by atomic mass is 10.3. The van der Waals surface area contributed by atoms with Crippen LogP contribution in [0.3, 0.4) is 0 Å². The van der Waals surface area contributed by atoms with Crippen LogP contribution in [0, 0.1) is 0 Å². The standard InChI is InChI=1S/C17H27ClN2O2/c1-3-20(4-2)13-8-7-12-19-17(21)11-14-22-16-10-6-5-9-15(16)18/h5-6,9-10H,3-4,7-8,11-14H2,1-2H3,(H,19,21). The molecule has 0 aromatic heterocycles. The Bertz CT molecular complexity index is 436. The molecule has 0 atom stereocenters. The maximum Gasteiger partial charge on any atom is 0.223 e. The molecule has 4 nitrogen and oxygen atoms in total. The van der Waals surface area contributed by atoms with Crippen LogP contribution in [-0.4, -0.2) is 43.6 Å². The Labute approximate surface area is 138 Å². The van der Waals surface area contributed by atoms with Crippen molar-refractivity contribution in [2.45, 2.75) is 33.1 Å². The molecule has 22 heavy (non-hydrogen) atoms. The summed E-state index contributed by atoms with van der Waals surface area (Å²) in [5, 5.41) is 3.49. The van der Waals surface area contributed by atoms with Crippen molar-refractivity contribution in [2.24, 2.45) is 0 Å². The highest BCUT2D eigenvalue weighted by Crippen LogP contribution is 2.22. The number of para-hydroxylation sites is 1. The smallest absolute Gasteiger partial charge is 0.223 e. The fraction of sp³-hybridized carbons (Fsp3) is 0.588. The number of nitrogens with zero attached hydrogens (tertiary/aromatic N) is 1. The highest BCUT2D eigenvalue weighted by atomic mass is 35.5. The first kappa shape index (κ1) is 18.8. The van der Waals surface area contributed by atoms with Crippen LogP contribution >= 0.6 is 11.6 Å². The van der Waals surface area contributed by atoms with E-state index in [0.29, 0.717) is 23.8 Å². The van der Waals surface area contributed by atoms with Crippen LogP contribution in [0.5, 0.6) is 5.75 Å². The van der Waals surface area contributed by atoms with Gasteiger partial charge in [0, 0.05) is 6.54 Å². The largest absolute Gasteiger partial charge is 0.491 e. The third-order valence-electron chi connectivity index (χ3n) is 3.54. The number of ether oxygens (including phenoxy) is 1. The summed E-state index contributed by atoms with van der Waals surface area (Å²) >= 11 is 5.98. The van der Waals surface area contributed by atoms with Gasteiger partial charge in [0.25, 0.3) is 0 Å². The van der Waals surface area contributed by atoms with Crippen molar-refractivity contribution in [3.05, 3.63) is 29.3 Å². The molecule has 0 heterocycles. The van der Waals surface area contributed by atoms with E-state index >= 15 is 0 Å². The predicted molar refractivity (Wildman–Crippen MR) is 91.6 cm³/mol. The van der Waals surface area contributed by atoms with Crippen LogP contribution in [-0.2, 0) is 4.79 Å². The van der Waals surface area contributed by atoms with E-state index in [1.165, 1.54) is 0 Å². The monoisotopic (exact) mass is 326 g/mol. The SMILES string of the molecule is CCN(CC)CCCCNC(=O)CCOc1ccccc1Cl. The lowest BCUT2D eigenvalue weighted by Gasteiger charge is -2.17. The summed E-state index contributed by atoms with van der Waals surface area (Å²) in [4.78, 5) is 14.1. The van der Waals surface area contributed by atoms with Crippen molar-refractivity contribution in [2.75, 3.05) is 32.8 Å². The first-order valence-electron chi connectivity index (χ1n) is 8.03. The number of halogens is 1. The zero-order chi connectivity index (χ0) is 16.2. The zero-order valence-electron chi connectivity index (χ0n) is 13.6. The summed E-state index contributed by atoms with van der Waals surface area (Å²) < 4.78 is 5.50. The molecule has 0 radical (unpaired) electrons. The summed E-state index contributed by atoms with van der Waals surface area (Å²) in [5.41, 5.74) is 0. The van der Waals surface area contributed by atoms with Crippen molar-refractivity contribution >= 4 is 17.5 Å². The van der Waals surface area contributed by atoms with E-state index < -0.39 is 0 Å². The summed E-state index contributed by atoms with van der Waals surface area (Å²) in [6.45, 7) is 8.68. The van der Waals surface area contributed by atoms with Crippen molar-refractivity contribution in [3.63, 3.8) is 0 Å². The Morgan fingerprint density at radius 3 is 2.64 bits per heavy atom. The molecule has 0 aliphatic carbocycles. The van der Waals surface area contributed by atoms with E-state index in [1.807, 2.05) is 12.1 Å². The summed E-state index contributed by atoms with van der Waals surface area (Å²) in [5.74, 6) is 0.645. The summed E-state index contributed by atoms with van der Waals surface area (Å²) in [6.07, 6.45) is 2.47. The number of amides is 1. The Balaban J connectivity index is 2.06. The number of rotatable bonds is 11. The van der Waals surface area contributed by atoms with Gasteiger partial charge in [-0.2, -0.15) is 0 Å². The second-order valence-corrected chi connectivity index (χ2v) is 5.52. The lowest BCUT2D eigenvalue weighted by Crippen LogP contribution is -2.28. The Morgan fingerprint density at radius 1 is 1.23 bits per heavy atom. The Morgan fingerprint density at radius 2 is 1.95 bits per heavy atom. The molecule has 0 aliphatic heterocycles. The van der Waals surface area contributed by atoms with E-state index in [0.717, 1.165) is 39.0 Å². The van der Waals surface area contributed by atoms with Gasteiger partial charge in [-0.1, -0.05) is 37.6 Å². The number of carbonyl (C=O) groups is 1. The Hall–Kier alpha value is -1.26. The molecular formula is C17H27ClN2O2. The molecular weight excluding hydrogens is 300 g/mol. The van der Waals surface area contributed by atoms with Crippen LogP contribution in [0.4, 0.5) is 0 Å². The Kier molecular flexibility index (Phi) is 9.67. The fourth-order valence-corrected chi connectivity index (χ4v) is 2.32. The van der Waals surface area contributed by atoms with E-state index in [4.69, 9.17) is 16.3 Å². The third-order valence-corrected chi connectivity index (χ3v) is 3.85. The van der Waals surface area contributed by atoms with Gasteiger partial charge >= 0.3 is 0 Å². The summed E-state index contributed by atoms with van der Waals surface area (Å²) in [7, 11) is 0. The molecule has 124 valence electrons. The molecule has 1 aromatic rings. The van der Waals surface area contributed by atoms with Gasteiger partial charge in [0.05, 0.1) is 18.1 Å². The number of unbranched alkanes of at least 4 members (excludes halogenated alkanes) is 1. The van der Waals surface area contributed by atoms with E-state index in [-0.39, 0.29) is 5.91 Å². The van der Waals surface area contributed by atoms with Crippen molar-refractivity contribution in [1.82, 2.24) is 10.2 Å². The normalized spacial score (nSPS) is 10.7. The van der Waals surface area contributed by atoms with Gasteiger partial charge in [0.15, 0.2) is 0 Å². The van der Waals surface area contributed by atoms with Crippen molar-refractivity contribution in [3.8, 4) is 5.75 Å². The highest BCUT2D eigenvalue weighted by molar-refractivity contribution is 6.32. The van der Waals surface area contributed by atoms with Crippen LogP contribution in [0.1, 0.15) is 33.1 Å². The van der Waals surface area contributed by atoms with Gasteiger partial charge in [0.1, 0.15) is 5.75 Å². The molecule has 0 saturated heterocycles. The first-order valence-corrected chi connectivity index (χ1v) is 8.41. The average Bonchev–Trinajstić information content (AvgIpc) is 2.53. The predicted octanol–water partition coefficient (Wildman–Crippen LogP) is 3.35. The average molecular weight is 327 g/mol. The minimum absolute atomic E-state index is 0.0230. The molecule has 0 fully saturated rings. The molecule has 0 bridgehead atoms. The van der Waals surface area contributed by atoms with Gasteiger partial charge in [0.2, 0.25) is 5.91 Å². The van der Waals surface area contributed by atoms with Gasteiger partial charge < -0.3 is 15.0 Å². The maximum atomic E-state index is 11.7. The molecule has 1 rings (SSSR count). The lowest BCUT2D eigenvalue weighted by molar-refractivity contribution is -0.121. The molecule has 0 aliphatic rings. The second-order valence-electron chi connectivity index (χ2n) is 5.11.